The van der Waals surface area contributed by atoms with Crippen LogP contribution in [0.15, 0.2) is 35.2 Å². The lowest BCUT2D eigenvalue weighted by Crippen LogP contribution is -2.40. The van der Waals surface area contributed by atoms with Crippen molar-refractivity contribution in [3.05, 3.63) is 30.3 Å². The minimum Gasteiger partial charge on any atom is -0.481 e. The third-order valence-electron chi connectivity index (χ3n) is 2.89. The third kappa shape index (κ3) is 6.61. The van der Waals surface area contributed by atoms with Gasteiger partial charge in [0.25, 0.3) is 0 Å². The SMILES string of the molecule is CC(C)C(CC(=O)O)NC(=O)CCSc1ccccc1. The number of carboxylic acids is 1. The number of aliphatic carboxylic acids is 1. The van der Waals surface area contributed by atoms with Crippen LogP contribution in [0.5, 0.6) is 0 Å². The van der Waals surface area contributed by atoms with Gasteiger partial charge in [0, 0.05) is 23.1 Å². The molecule has 1 unspecified atom stereocenters. The Labute approximate surface area is 124 Å². The molecule has 1 aromatic carbocycles. The van der Waals surface area contributed by atoms with E-state index in [0.717, 1.165) is 4.90 Å². The highest BCUT2D eigenvalue weighted by Crippen LogP contribution is 2.17. The molecule has 2 N–H and O–H groups in total. The average Bonchev–Trinajstić information content (AvgIpc) is 2.38. The molecule has 0 aliphatic heterocycles. The van der Waals surface area contributed by atoms with E-state index in [0.29, 0.717) is 12.2 Å². The number of nitrogens with one attached hydrogen (secondary N) is 1. The number of carbonyl (C=O) groups is 2. The molecule has 0 aromatic heterocycles. The van der Waals surface area contributed by atoms with Gasteiger partial charge in [-0.2, -0.15) is 0 Å². The molecule has 0 spiro atoms. The molecular weight excluding hydrogens is 274 g/mol. The molecule has 1 aromatic rings. The Morgan fingerprint density at radius 3 is 2.45 bits per heavy atom. The Bertz CT molecular complexity index is 434. The zero-order valence-electron chi connectivity index (χ0n) is 11.8. The van der Waals surface area contributed by atoms with Crippen molar-refractivity contribution in [2.24, 2.45) is 5.92 Å². The highest BCUT2D eigenvalue weighted by atomic mass is 32.2. The van der Waals surface area contributed by atoms with Crippen LogP contribution in [0.25, 0.3) is 0 Å². The molecule has 0 aliphatic carbocycles. The number of thioether (sulfide) groups is 1. The van der Waals surface area contributed by atoms with Crippen LogP contribution in [0.4, 0.5) is 0 Å². The van der Waals surface area contributed by atoms with Crippen molar-refractivity contribution >= 4 is 23.6 Å². The molecule has 1 atom stereocenters. The Kier molecular flexibility index (Phi) is 7.15. The summed E-state index contributed by atoms with van der Waals surface area (Å²) in [6, 6.07) is 9.58. The quantitative estimate of drug-likeness (QED) is 0.724. The van der Waals surface area contributed by atoms with E-state index in [1.807, 2.05) is 44.2 Å². The molecule has 0 bridgehead atoms. The van der Waals surface area contributed by atoms with E-state index in [-0.39, 0.29) is 24.3 Å². The van der Waals surface area contributed by atoms with Crippen molar-refractivity contribution in [1.82, 2.24) is 5.32 Å². The first-order chi connectivity index (χ1) is 9.49. The molecule has 0 heterocycles. The van der Waals surface area contributed by atoms with E-state index < -0.39 is 5.97 Å². The minimum absolute atomic E-state index is 0.0325. The molecule has 5 heteroatoms. The molecule has 1 rings (SSSR count). The number of benzene rings is 1. The zero-order valence-corrected chi connectivity index (χ0v) is 12.7. The summed E-state index contributed by atoms with van der Waals surface area (Å²) in [5.41, 5.74) is 0. The van der Waals surface area contributed by atoms with Gasteiger partial charge >= 0.3 is 5.97 Å². The van der Waals surface area contributed by atoms with E-state index in [1.54, 1.807) is 11.8 Å². The lowest BCUT2D eigenvalue weighted by atomic mass is 10.0. The first-order valence-electron chi connectivity index (χ1n) is 6.68. The van der Waals surface area contributed by atoms with Crippen LogP contribution < -0.4 is 5.32 Å². The number of hydrogen-bond acceptors (Lipinski definition) is 3. The van der Waals surface area contributed by atoms with Gasteiger partial charge in [0.05, 0.1) is 6.42 Å². The number of rotatable bonds is 8. The van der Waals surface area contributed by atoms with E-state index in [1.165, 1.54) is 0 Å². The van der Waals surface area contributed by atoms with Crippen LogP contribution in [-0.2, 0) is 9.59 Å². The maximum Gasteiger partial charge on any atom is 0.305 e. The smallest absolute Gasteiger partial charge is 0.305 e. The summed E-state index contributed by atoms with van der Waals surface area (Å²) < 4.78 is 0. The Balaban J connectivity index is 2.33. The van der Waals surface area contributed by atoms with Gasteiger partial charge in [-0.15, -0.1) is 11.8 Å². The molecular formula is C15H21NO3S. The maximum absolute atomic E-state index is 11.8. The first kappa shape index (κ1) is 16.6. The standard InChI is InChI=1S/C15H21NO3S/c1-11(2)13(10-15(18)19)16-14(17)8-9-20-12-6-4-3-5-7-12/h3-7,11,13H,8-10H2,1-2H3,(H,16,17)(H,18,19). The van der Waals surface area contributed by atoms with E-state index >= 15 is 0 Å². The van der Waals surface area contributed by atoms with Gasteiger partial charge in [-0.05, 0) is 18.1 Å². The summed E-state index contributed by atoms with van der Waals surface area (Å²) in [5.74, 6) is -0.179. The van der Waals surface area contributed by atoms with Gasteiger partial charge in [-0.25, -0.2) is 0 Å². The number of carbonyl (C=O) groups excluding carboxylic acids is 1. The topological polar surface area (TPSA) is 66.4 Å². The molecule has 4 nitrogen and oxygen atoms in total. The number of amides is 1. The van der Waals surface area contributed by atoms with Gasteiger partial charge in [0.1, 0.15) is 0 Å². The predicted octanol–water partition coefficient (Wildman–Crippen LogP) is 2.78. The summed E-state index contributed by atoms with van der Waals surface area (Å²) in [5, 5.41) is 11.6. The molecule has 0 saturated heterocycles. The fourth-order valence-electron chi connectivity index (χ4n) is 1.70. The highest BCUT2D eigenvalue weighted by molar-refractivity contribution is 7.99. The van der Waals surface area contributed by atoms with Crippen molar-refractivity contribution in [2.75, 3.05) is 5.75 Å². The second-order valence-electron chi connectivity index (χ2n) is 4.93. The normalized spacial score (nSPS) is 12.2. The number of carboxylic acid groups (broad SMARTS) is 1. The molecule has 110 valence electrons. The molecule has 0 aliphatic rings. The van der Waals surface area contributed by atoms with Crippen LogP contribution in [0, 0.1) is 5.92 Å². The van der Waals surface area contributed by atoms with E-state index in [9.17, 15) is 9.59 Å². The van der Waals surface area contributed by atoms with Crippen molar-refractivity contribution in [3.63, 3.8) is 0 Å². The van der Waals surface area contributed by atoms with E-state index in [2.05, 4.69) is 5.32 Å². The largest absolute Gasteiger partial charge is 0.481 e. The first-order valence-corrected chi connectivity index (χ1v) is 7.66. The fraction of sp³-hybridized carbons (Fsp3) is 0.467. The Hall–Kier alpha value is -1.49. The van der Waals surface area contributed by atoms with Crippen LogP contribution in [0.2, 0.25) is 0 Å². The maximum atomic E-state index is 11.8. The van der Waals surface area contributed by atoms with Crippen LogP contribution >= 0.6 is 11.8 Å². The van der Waals surface area contributed by atoms with Crippen molar-refractivity contribution in [1.29, 1.82) is 0 Å². The van der Waals surface area contributed by atoms with Crippen LogP contribution in [0.3, 0.4) is 0 Å². The van der Waals surface area contributed by atoms with Gasteiger partial charge in [0.2, 0.25) is 5.91 Å². The summed E-state index contributed by atoms with van der Waals surface area (Å²) in [4.78, 5) is 23.7. The summed E-state index contributed by atoms with van der Waals surface area (Å²) in [7, 11) is 0. The molecule has 0 saturated carbocycles. The van der Waals surface area contributed by atoms with Gasteiger partial charge < -0.3 is 10.4 Å². The Morgan fingerprint density at radius 1 is 1.25 bits per heavy atom. The third-order valence-corrected chi connectivity index (χ3v) is 3.90. The Morgan fingerprint density at radius 2 is 1.90 bits per heavy atom. The van der Waals surface area contributed by atoms with Crippen LogP contribution in [-0.4, -0.2) is 28.8 Å². The van der Waals surface area contributed by atoms with Crippen LogP contribution in [0.1, 0.15) is 26.7 Å². The van der Waals surface area contributed by atoms with Gasteiger partial charge in [0.15, 0.2) is 0 Å². The minimum atomic E-state index is -0.886. The van der Waals surface area contributed by atoms with Crippen molar-refractivity contribution < 1.29 is 14.7 Å². The van der Waals surface area contributed by atoms with E-state index in [4.69, 9.17) is 5.11 Å². The number of hydrogen-bond donors (Lipinski definition) is 2. The zero-order chi connectivity index (χ0) is 15.0. The summed E-state index contributed by atoms with van der Waals surface area (Å²) >= 11 is 1.62. The molecule has 1 amide bonds. The lowest BCUT2D eigenvalue weighted by molar-refractivity contribution is -0.138. The fourth-order valence-corrected chi connectivity index (χ4v) is 2.57. The van der Waals surface area contributed by atoms with Gasteiger partial charge in [-0.3, -0.25) is 9.59 Å². The summed E-state index contributed by atoms with van der Waals surface area (Å²) in [6.07, 6.45) is 0.359. The van der Waals surface area contributed by atoms with Crippen molar-refractivity contribution in [2.45, 2.75) is 37.6 Å². The molecule has 20 heavy (non-hydrogen) atoms. The second-order valence-corrected chi connectivity index (χ2v) is 6.10. The predicted molar refractivity (Wildman–Crippen MR) is 80.8 cm³/mol. The van der Waals surface area contributed by atoms with Gasteiger partial charge in [-0.1, -0.05) is 32.0 Å². The highest BCUT2D eigenvalue weighted by Gasteiger charge is 2.19. The monoisotopic (exact) mass is 295 g/mol. The van der Waals surface area contributed by atoms with Crippen molar-refractivity contribution in [3.8, 4) is 0 Å². The second kappa shape index (κ2) is 8.64. The molecule has 0 radical (unpaired) electrons. The lowest BCUT2D eigenvalue weighted by Gasteiger charge is -2.20. The average molecular weight is 295 g/mol. The molecule has 0 fully saturated rings. The summed E-state index contributed by atoms with van der Waals surface area (Å²) in [6.45, 7) is 3.82.